The molecule has 0 radical (unpaired) electrons. The van der Waals surface area contributed by atoms with Crippen LogP contribution in [0.3, 0.4) is 0 Å². The zero-order chi connectivity index (χ0) is 18.2. The van der Waals surface area contributed by atoms with Gasteiger partial charge in [0.2, 0.25) is 0 Å². The Bertz CT molecular complexity index is 509. The van der Waals surface area contributed by atoms with Crippen LogP contribution in [-0.2, 0) is 16.1 Å². The molecule has 0 atom stereocenters. The molecule has 0 aliphatic carbocycles. The average molecular weight is 333 g/mol. The Morgan fingerprint density at radius 3 is 2.17 bits per heavy atom. The monoisotopic (exact) mass is 333 g/mol. The lowest BCUT2D eigenvalue weighted by Crippen LogP contribution is -2.33. The summed E-state index contributed by atoms with van der Waals surface area (Å²) in [5, 5.41) is 0. The number of rotatable bonds is 4. The molecule has 134 valence electrons. The molecule has 1 aliphatic heterocycles. The Morgan fingerprint density at radius 1 is 1.17 bits per heavy atom. The summed E-state index contributed by atoms with van der Waals surface area (Å²) in [6.45, 7) is 12.4. The number of esters is 1. The maximum atomic E-state index is 12.0. The van der Waals surface area contributed by atoms with Crippen LogP contribution in [0.15, 0.2) is 24.3 Å². The van der Waals surface area contributed by atoms with E-state index < -0.39 is 5.60 Å². The first-order valence-electron chi connectivity index (χ1n) is 8.87. The summed E-state index contributed by atoms with van der Waals surface area (Å²) in [4.78, 5) is 25.1. The van der Waals surface area contributed by atoms with Crippen LogP contribution in [0.4, 0.5) is 0 Å². The van der Waals surface area contributed by atoms with E-state index in [1.54, 1.807) is 0 Å². The number of carbonyl (C=O) groups is 2. The fourth-order valence-corrected chi connectivity index (χ4v) is 2.59. The predicted molar refractivity (Wildman–Crippen MR) is 97.0 cm³/mol. The number of hydrogen-bond donors (Lipinski definition) is 0. The Morgan fingerprint density at radius 2 is 1.71 bits per heavy atom. The van der Waals surface area contributed by atoms with E-state index in [2.05, 4.69) is 4.90 Å². The van der Waals surface area contributed by atoms with Gasteiger partial charge in [0.15, 0.2) is 0 Å². The van der Waals surface area contributed by atoms with Crippen LogP contribution in [0.5, 0.6) is 0 Å². The van der Waals surface area contributed by atoms with Crippen LogP contribution in [-0.4, -0.2) is 35.8 Å². The molecule has 0 saturated carbocycles. The van der Waals surface area contributed by atoms with Gasteiger partial charge in [0.25, 0.3) is 0 Å². The van der Waals surface area contributed by atoms with Gasteiger partial charge in [0.1, 0.15) is 11.9 Å². The Balaban J connectivity index is 0.00000139. The third-order valence-corrected chi connectivity index (χ3v) is 3.82. The second kappa shape index (κ2) is 9.58. The molecule has 0 amide bonds. The normalized spacial score (nSPS) is 16.0. The van der Waals surface area contributed by atoms with Crippen molar-refractivity contribution >= 4 is 12.3 Å². The maximum absolute atomic E-state index is 12.0. The number of hydrogen-bond acceptors (Lipinski definition) is 4. The van der Waals surface area contributed by atoms with Gasteiger partial charge in [0, 0.05) is 12.5 Å². The first kappa shape index (κ1) is 20.4. The van der Waals surface area contributed by atoms with Crippen LogP contribution in [0, 0.1) is 5.92 Å². The van der Waals surface area contributed by atoms with Crippen molar-refractivity contribution in [2.45, 2.75) is 59.6 Å². The first-order chi connectivity index (χ1) is 11.4. The lowest BCUT2D eigenvalue weighted by molar-refractivity contribution is -0.112. The second-order valence-electron chi connectivity index (χ2n) is 6.95. The van der Waals surface area contributed by atoms with Gasteiger partial charge < -0.3 is 9.53 Å². The summed E-state index contributed by atoms with van der Waals surface area (Å²) in [6.07, 6.45) is 2.96. The van der Waals surface area contributed by atoms with Crippen molar-refractivity contribution in [1.82, 2.24) is 4.90 Å². The summed E-state index contributed by atoms with van der Waals surface area (Å²) in [5.74, 6) is -0.0587. The third-order valence-electron chi connectivity index (χ3n) is 3.82. The van der Waals surface area contributed by atoms with Crippen molar-refractivity contribution in [2.75, 3.05) is 13.1 Å². The maximum Gasteiger partial charge on any atom is 0.338 e. The van der Waals surface area contributed by atoms with E-state index in [4.69, 9.17) is 4.74 Å². The van der Waals surface area contributed by atoms with Gasteiger partial charge in [0.05, 0.1) is 5.56 Å². The number of ether oxygens (including phenoxy) is 1. The van der Waals surface area contributed by atoms with E-state index >= 15 is 0 Å². The second-order valence-corrected chi connectivity index (χ2v) is 6.95. The molecule has 0 bridgehead atoms. The highest BCUT2D eigenvalue weighted by molar-refractivity contribution is 5.89. The lowest BCUT2D eigenvalue weighted by Gasteiger charge is -2.29. The number of aldehydes is 1. The molecule has 0 spiro atoms. The van der Waals surface area contributed by atoms with Gasteiger partial charge in [-0.3, -0.25) is 4.90 Å². The Hall–Kier alpha value is -1.68. The van der Waals surface area contributed by atoms with Crippen molar-refractivity contribution in [1.29, 1.82) is 0 Å². The number of benzene rings is 1. The topological polar surface area (TPSA) is 46.6 Å². The summed E-state index contributed by atoms with van der Waals surface area (Å²) in [6, 6.07) is 7.60. The molecular formula is C20H31NO3. The van der Waals surface area contributed by atoms with Gasteiger partial charge >= 0.3 is 5.97 Å². The molecular weight excluding hydrogens is 302 g/mol. The Kier molecular flexibility index (Phi) is 8.13. The fourth-order valence-electron chi connectivity index (χ4n) is 2.59. The lowest BCUT2D eigenvalue weighted by atomic mass is 9.98. The molecule has 0 aromatic heterocycles. The van der Waals surface area contributed by atoms with E-state index in [0.29, 0.717) is 5.56 Å². The third kappa shape index (κ3) is 6.83. The van der Waals surface area contributed by atoms with E-state index in [1.807, 2.05) is 58.9 Å². The standard InChI is InChI=1S/C18H25NO3.C2H6/c1-18(2,3)22-17(21)16-6-4-14(5-7-16)12-19-10-8-15(13-20)9-11-19;1-2/h4-7,13,15H,8-12H2,1-3H3;1-2H3. The molecule has 1 saturated heterocycles. The van der Waals surface area contributed by atoms with E-state index in [-0.39, 0.29) is 11.9 Å². The minimum Gasteiger partial charge on any atom is -0.456 e. The molecule has 24 heavy (non-hydrogen) atoms. The number of carbonyl (C=O) groups excluding carboxylic acids is 2. The highest BCUT2D eigenvalue weighted by Gasteiger charge is 2.19. The number of nitrogens with zero attached hydrogens (tertiary/aromatic N) is 1. The molecule has 1 fully saturated rings. The van der Waals surface area contributed by atoms with Crippen LogP contribution in [0.2, 0.25) is 0 Å². The van der Waals surface area contributed by atoms with Crippen molar-refractivity contribution in [3.63, 3.8) is 0 Å². The molecule has 4 heteroatoms. The van der Waals surface area contributed by atoms with E-state index in [1.165, 1.54) is 5.56 Å². The van der Waals surface area contributed by atoms with Crippen LogP contribution in [0.25, 0.3) is 0 Å². The van der Waals surface area contributed by atoms with Gasteiger partial charge in [-0.25, -0.2) is 4.79 Å². The number of piperidine rings is 1. The van der Waals surface area contributed by atoms with Gasteiger partial charge in [-0.1, -0.05) is 26.0 Å². The smallest absolute Gasteiger partial charge is 0.338 e. The summed E-state index contributed by atoms with van der Waals surface area (Å²) in [7, 11) is 0. The van der Waals surface area contributed by atoms with Crippen LogP contribution < -0.4 is 0 Å². The average Bonchev–Trinajstić information content (AvgIpc) is 2.56. The minimum absolute atomic E-state index is 0.228. The van der Waals surface area contributed by atoms with E-state index in [9.17, 15) is 9.59 Å². The zero-order valence-electron chi connectivity index (χ0n) is 15.7. The molecule has 4 nitrogen and oxygen atoms in total. The van der Waals surface area contributed by atoms with Gasteiger partial charge in [-0.15, -0.1) is 0 Å². The van der Waals surface area contributed by atoms with Crippen LogP contribution >= 0.6 is 0 Å². The summed E-state index contributed by atoms with van der Waals surface area (Å²) < 4.78 is 5.36. The molecule has 1 aliphatic rings. The quantitative estimate of drug-likeness (QED) is 0.615. The van der Waals surface area contributed by atoms with E-state index in [0.717, 1.165) is 38.8 Å². The van der Waals surface area contributed by atoms with Gasteiger partial charge in [-0.05, 0) is 64.4 Å². The molecule has 2 rings (SSSR count). The van der Waals surface area contributed by atoms with Crippen molar-refractivity contribution in [3.8, 4) is 0 Å². The first-order valence-corrected chi connectivity index (χ1v) is 8.87. The van der Waals surface area contributed by atoms with Crippen LogP contribution in [0.1, 0.15) is 63.4 Å². The molecule has 1 heterocycles. The highest BCUT2D eigenvalue weighted by atomic mass is 16.6. The van der Waals surface area contributed by atoms with Crippen molar-refractivity contribution < 1.29 is 14.3 Å². The molecule has 0 N–H and O–H groups in total. The largest absolute Gasteiger partial charge is 0.456 e. The molecule has 1 aromatic rings. The van der Waals surface area contributed by atoms with Crippen molar-refractivity contribution in [2.24, 2.45) is 5.92 Å². The van der Waals surface area contributed by atoms with Crippen molar-refractivity contribution in [3.05, 3.63) is 35.4 Å². The van der Waals surface area contributed by atoms with Gasteiger partial charge in [-0.2, -0.15) is 0 Å². The SMILES string of the molecule is CC.CC(C)(C)OC(=O)c1ccc(CN2CCC(C=O)CC2)cc1. The minimum atomic E-state index is -0.474. The number of likely N-dealkylation sites (tertiary alicyclic amines) is 1. The Labute approximate surface area is 146 Å². The molecule has 0 unspecified atom stereocenters. The predicted octanol–water partition coefficient (Wildman–Crippen LogP) is 4.08. The summed E-state index contributed by atoms with van der Waals surface area (Å²) in [5.41, 5.74) is 1.29. The fraction of sp³-hybridized carbons (Fsp3) is 0.600. The summed E-state index contributed by atoms with van der Waals surface area (Å²) >= 11 is 0. The molecule has 1 aromatic carbocycles. The zero-order valence-corrected chi connectivity index (χ0v) is 15.7. The highest BCUT2D eigenvalue weighted by Crippen LogP contribution is 2.18.